The van der Waals surface area contributed by atoms with Crippen molar-refractivity contribution in [2.75, 3.05) is 31.1 Å². The normalized spacial score (nSPS) is 18.5. The molecule has 0 N–H and O–H groups in total. The van der Waals surface area contributed by atoms with Gasteiger partial charge in [-0.25, -0.2) is 9.48 Å². The summed E-state index contributed by atoms with van der Waals surface area (Å²) in [7, 11) is 0. The summed E-state index contributed by atoms with van der Waals surface area (Å²) in [6, 6.07) is 5.85. The number of aromatic nitrogens is 6. The highest BCUT2D eigenvalue weighted by Gasteiger charge is 2.35. The number of anilines is 1. The van der Waals surface area contributed by atoms with Crippen molar-refractivity contribution in [3.8, 4) is 17.0 Å². The largest absolute Gasteiger partial charge is 0.492 e. The van der Waals surface area contributed by atoms with E-state index in [1.807, 2.05) is 63.9 Å². The Kier molecular flexibility index (Phi) is 8.70. The third-order valence-electron chi connectivity index (χ3n) is 7.80. The molecular formula is C30H42N8O3. The van der Waals surface area contributed by atoms with Crippen molar-refractivity contribution in [3.05, 3.63) is 42.5 Å². The van der Waals surface area contributed by atoms with Crippen LogP contribution in [0.2, 0.25) is 0 Å². The van der Waals surface area contributed by atoms with Crippen molar-refractivity contribution in [2.45, 2.75) is 84.4 Å². The first-order valence-corrected chi connectivity index (χ1v) is 14.8. The SMILES string of the molecule is CCOc1cncc(-c2cn(C(C)c3ccc(N4CCC[C@@H](N(CC5CCC5)C(=O)OC(C)(C)C)C4)nn3)nn2)c1. The third kappa shape index (κ3) is 7.12. The van der Waals surface area contributed by atoms with Crippen LogP contribution in [0.5, 0.6) is 5.75 Å². The lowest BCUT2D eigenvalue weighted by molar-refractivity contribution is 0.00733. The van der Waals surface area contributed by atoms with E-state index < -0.39 is 5.60 Å². The number of piperidine rings is 1. The lowest BCUT2D eigenvalue weighted by Gasteiger charge is -2.42. The molecule has 1 saturated heterocycles. The van der Waals surface area contributed by atoms with Gasteiger partial charge >= 0.3 is 6.09 Å². The molecule has 1 aliphatic heterocycles. The van der Waals surface area contributed by atoms with Crippen LogP contribution in [0.3, 0.4) is 0 Å². The van der Waals surface area contributed by atoms with Crippen LogP contribution in [0.15, 0.2) is 36.8 Å². The Bertz CT molecular complexity index is 1300. The van der Waals surface area contributed by atoms with Gasteiger partial charge in [-0.15, -0.1) is 10.2 Å². The summed E-state index contributed by atoms with van der Waals surface area (Å²) in [5.74, 6) is 2.09. The topological polar surface area (TPSA) is 111 Å². The van der Waals surface area contributed by atoms with E-state index in [-0.39, 0.29) is 18.2 Å². The maximum absolute atomic E-state index is 13.2. The summed E-state index contributed by atoms with van der Waals surface area (Å²) in [6.45, 7) is 12.7. The molecule has 3 aromatic heterocycles. The molecule has 0 bridgehead atoms. The summed E-state index contributed by atoms with van der Waals surface area (Å²) in [6.07, 6.45) is 10.7. The van der Waals surface area contributed by atoms with Gasteiger partial charge in [0.25, 0.3) is 0 Å². The number of carbonyl (C=O) groups excluding carboxylic acids is 1. The highest BCUT2D eigenvalue weighted by molar-refractivity contribution is 5.69. The summed E-state index contributed by atoms with van der Waals surface area (Å²) >= 11 is 0. The van der Waals surface area contributed by atoms with Crippen LogP contribution in [0, 0.1) is 5.92 Å². The molecule has 11 nitrogen and oxygen atoms in total. The molecule has 1 unspecified atom stereocenters. The lowest BCUT2D eigenvalue weighted by atomic mass is 9.84. The molecule has 1 amide bonds. The van der Waals surface area contributed by atoms with E-state index >= 15 is 0 Å². The molecule has 2 aliphatic rings. The van der Waals surface area contributed by atoms with E-state index in [0.717, 1.165) is 49.6 Å². The number of rotatable bonds is 9. The Labute approximate surface area is 242 Å². The zero-order valence-corrected chi connectivity index (χ0v) is 24.9. The van der Waals surface area contributed by atoms with Gasteiger partial charge in [0.05, 0.1) is 36.8 Å². The molecule has 220 valence electrons. The molecule has 3 aromatic rings. The van der Waals surface area contributed by atoms with Gasteiger partial charge in [-0.3, -0.25) is 4.98 Å². The highest BCUT2D eigenvalue weighted by Crippen LogP contribution is 2.31. The zero-order valence-electron chi connectivity index (χ0n) is 24.9. The molecule has 41 heavy (non-hydrogen) atoms. The predicted molar refractivity (Wildman–Crippen MR) is 156 cm³/mol. The average molecular weight is 563 g/mol. The molecule has 2 atom stereocenters. The van der Waals surface area contributed by atoms with Crippen LogP contribution in [-0.2, 0) is 4.74 Å². The summed E-state index contributed by atoms with van der Waals surface area (Å²) in [5.41, 5.74) is 1.83. The second kappa shape index (κ2) is 12.4. The first-order chi connectivity index (χ1) is 19.7. The lowest BCUT2D eigenvalue weighted by Crippen LogP contribution is -2.53. The van der Waals surface area contributed by atoms with Gasteiger partial charge in [-0.1, -0.05) is 11.6 Å². The van der Waals surface area contributed by atoms with Crippen molar-refractivity contribution >= 4 is 11.9 Å². The van der Waals surface area contributed by atoms with Crippen LogP contribution in [0.1, 0.15) is 78.5 Å². The standard InChI is InChI=1S/C30H42N8O3/c1-6-40-25-15-23(16-31-17-25)27-20-38(35-33-27)21(2)26-12-13-28(34-32-26)36-14-8-11-24(19-36)37(18-22-9-7-10-22)29(39)41-30(3,4)5/h12-13,15-17,20-22,24H,6-11,14,18-19H2,1-5H3/t21?,24-/m1/s1. The number of pyridine rings is 1. The second-order valence-corrected chi connectivity index (χ2v) is 12.1. The monoisotopic (exact) mass is 562 g/mol. The van der Waals surface area contributed by atoms with Gasteiger partial charge in [-0.05, 0) is 84.4 Å². The van der Waals surface area contributed by atoms with Gasteiger partial charge < -0.3 is 19.3 Å². The van der Waals surface area contributed by atoms with Gasteiger partial charge in [0.2, 0.25) is 0 Å². The number of carbonyl (C=O) groups is 1. The minimum absolute atomic E-state index is 0.0869. The van der Waals surface area contributed by atoms with Gasteiger partial charge in [0, 0.05) is 31.4 Å². The van der Waals surface area contributed by atoms with E-state index in [2.05, 4.69) is 30.4 Å². The summed E-state index contributed by atoms with van der Waals surface area (Å²) in [4.78, 5) is 21.7. The Morgan fingerprint density at radius 3 is 2.63 bits per heavy atom. The number of nitrogens with zero attached hydrogens (tertiary/aromatic N) is 8. The van der Waals surface area contributed by atoms with Crippen LogP contribution in [-0.4, -0.2) is 79.1 Å². The van der Waals surface area contributed by atoms with Crippen molar-refractivity contribution in [1.82, 2.24) is 35.1 Å². The average Bonchev–Trinajstić information content (AvgIpc) is 3.42. The van der Waals surface area contributed by atoms with Crippen LogP contribution < -0.4 is 9.64 Å². The van der Waals surface area contributed by atoms with E-state index in [0.29, 0.717) is 24.0 Å². The van der Waals surface area contributed by atoms with Crippen molar-refractivity contribution in [1.29, 1.82) is 0 Å². The molecular weight excluding hydrogens is 520 g/mol. The maximum atomic E-state index is 13.2. The van der Waals surface area contributed by atoms with Gasteiger partial charge in [0.15, 0.2) is 5.82 Å². The van der Waals surface area contributed by atoms with E-state index in [9.17, 15) is 4.79 Å². The van der Waals surface area contributed by atoms with E-state index in [1.54, 1.807) is 17.1 Å². The molecule has 5 rings (SSSR count). The molecule has 0 aromatic carbocycles. The van der Waals surface area contributed by atoms with Crippen molar-refractivity contribution < 1.29 is 14.3 Å². The Morgan fingerprint density at radius 2 is 1.95 bits per heavy atom. The number of ether oxygens (including phenoxy) is 2. The van der Waals surface area contributed by atoms with Crippen molar-refractivity contribution in [2.24, 2.45) is 5.92 Å². The third-order valence-corrected chi connectivity index (χ3v) is 7.80. The minimum atomic E-state index is -0.517. The first-order valence-electron chi connectivity index (χ1n) is 14.8. The van der Waals surface area contributed by atoms with Crippen LogP contribution in [0.4, 0.5) is 10.6 Å². The number of hydrogen-bond donors (Lipinski definition) is 0. The van der Waals surface area contributed by atoms with Crippen LogP contribution in [0.25, 0.3) is 11.3 Å². The quantitative estimate of drug-likeness (QED) is 0.350. The molecule has 1 aliphatic carbocycles. The van der Waals surface area contributed by atoms with E-state index in [1.165, 1.54) is 19.3 Å². The molecule has 0 radical (unpaired) electrons. The highest BCUT2D eigenvalue weighted by atomic mass is 16.6. The fourth-order valence-corrected chi connectivity index (χ4v) is 5.33. The molecule has 0 spiro atoms. The molecule has 11 heteroatoms. The zero-order chi connectivity index (χ0) is 29.0. The first kappa shape index (κ1) is 28.8. The Balaban J connectivity index is 1.25. The number of hydrogen-bond acceptors (Lipinski definition) is 9. The van der Waals surface area contributed by atoms with E-state index in [4.69, 9.17) is 9.47 Å². The molecule has 2 fully saturated rings. The maximum Gasteiger partial charge on any atom is 0.410 e. The fourth-order valence-electron chi connectivity index (χ4n) is 5.33. The fraction of sp³-hybridized carbons (Fsp3) is 0.600. The minimum Gasteiger partial charge on any atom is -0.492 e. The Hall–Kier alpha value is -3.76. The van der Waals surface area contributed by atoms with Crippen LogP contribution >= 0.6 is 0 Å². The summed E-state index contributed by atoms with van der Waals surface area (Å²) in [5, 5.41) is 17.8. The van der Waals surface area contributed by atoms with Gasteiger partial charge in [0.1, 0.15) is 17.0 Å². The number of amides is 1. The summed E-state index contributed by atoms with van der Waals surface area (Å²) < 4.78 is 13.2. The van der Waals surface area contributed by atoms with Gasteiger partial charge in [-0.2, -0.15) is 5.10 Å². The molecule has 4 heterocycles. The second-order valence-electron chi connectivity index (χ2n) is 12.1. The van der Waals surface area contributed by atoms with Crippen molar-refractivity contribution in [3.63, 3.8) is 0 Å². The molecule has 1 saturated carbocycles. The smallest absolute Gasteiger partial charge is 0.410 e. The Morgan fingerprint density at radius 1 is 1.12 bits per heavy atom. The predicted octanol–water partition coefficient (Wildman–Crippen LogP) is 5.14.